The summed E-state index contributed by atoms with van der Waals surface area (Å²) in [6.45, 7) is 0.642. The molecule has 0 radical (unpaired) electrons. The predicted octanol–water partition coefficient (Wildman–Crippen LogP) is 3.53. The number of methoxy groups -OCH3 is 2. The fourth-order valence-corrected chi connectivity index (χ4v) is 2.15. The second-order valence-electron chi connectivity index (χ2n) is 4.65. The molecule has 0 aromatic heterocycles. The second-order valence-corrected chi connectivity index (χ2v) is 4.65. The molecular weight excluding hydrogens is 266 g/mol. The van der Waals surface area contributed by atoms with E-state index in [-0.39, 0.29) is 6.73 Å². The first-order valence-electron chi connectivity index (χ1n) is 6.71. The summed E-state index contributed by atoms with van der Waals surface area (Å²) in [6.07, 6.45) is -0.401. The molecule has 2 rings (SSSR count). The van der Waals surface area contributed by atoms with Crippen molar-refractivity contribution in [2.24, 2.45) is 0 Å². The highest BCUT2D eigenvalue weighted by Crippen LogP contribution is 2.20. The lowest BCUT2D eigenvalue weighted by Crippen LogP contribution is -2.32. The third kappa shape index (κ3) is 4.07. The molecule has 110 valence electrons. The zero-order valence-electron chi connectivity index (χ0n) is 12.3. The molecule has 0 aliphatic heterocycles. The smallest absolute Gasteiger partial charge is 0.411 e. The van der Waals surface area contributed by atoms with Crippen molar-refractivity contribution < 1.29 is 14.3 Å². The molecule has 1 amide bonds. The first-order chi connectivity index (χ1) is 10.2. The van der Waals surface area contributed by atoms with Crippen molar-refractivity contribution in [3.8, 4) is 11.1 Å². The van der Waals surface area contributed by atoms with Crippen LogP contribution >= 0.6 is 0 Å². The molecule has 0 unspecified atom stereocenters. The molecule has 2 aromatic rings. The van der Waals surface area contributed by atoms with E-state index >= 15 is 0 Å². The summed E-state index contributed by atoms with van der Waals surface area (Å²) < 4.78 is 9.80. The maximum atomic E-state index is 11.7. The number of carbonyl (C=O) groups is 1. The van der Waals surface area contributed by atoms with Crippen LogP contribution in [0, 0.1) is 0 Å². The molecule has 2 aromatic carbocycles. The third-order valence-electron chi connectivity index (χ3n) is 3.13. The van der Waals surface area contributed by atoms with Crippen LogP contribution in [0.15, 0.2) is 54.6 Å². The molecular formula is C17H19NO3. The van der Waals surface area contributed by atoms with Crippen molar-refractivity contribution in [2.75, 3.05) is 21.0 Å². The van der Waals surface area contributed by atoms with Crippen LogP contribution in [0.2, 0.25) is 0 Å². The van der Waals surface area contributed by atoms with Crippen molar-refractivity contribution in [1.29, 1.82) is 0 Å². The van der Waals surface area contributed by atoms with Crippen LogP contribution in [-0.4, -0.2) is 31.9 Å². The zero-order chi connectivity index (χ0) is 15.1. The quantitative estimate of drug-likeness (QED) is 0.789. The van der Waals surface area contributed by atoms with E-state index in [4.69, 9.17) is 9.47 Å². The largest absolute Gasteiger partial charge is 0.453 e. The highest BCUT2D eigenvalue weighted by Gasteiger charge is 2.14. The molecule has 0 saturated carbocycles. The maximum Gasteiger partial charge on any atom is 0.411 e. The summed E-state index contributed by atoms with van der Waals surface area (Å²) in [5, 5.41) is 0. The molecule has 21 heavy (non-hydrogen) atoms. The van der Waals surface area contributed by atoms with Gasteiger partial charge in [0.1, 0.15) is 6.73 Å². The Hall–Kier alpha value is -2.33. The lowest BCUT2D eigenvalue weighted by Gasteiger charge is -2.20. The number of nitrogens with zero attached hydrogens (tertiary/aromatic N) is 1. The van der Waals surface area contributed by atoms with E-state index in [2.05, 4.69) is 24.3 Å². The molecule has 0 heterocycles. The minimum atomic E-state index is -0.401. The summed E-state index contributed by atoms with van der Waals surface area (Å²) >= 11 is 0. The minimum absolute atomic E-state index is 0.197. The molecule has 0 saturated heterocycles. The Labute approximate surface area is 124 Å². The normalized spacial score (nSPS) is 10.2. The van der Waals surface area contributed by atoms with Gasteiger partial charge >= 0.3 is 6.09 Å². The van der Waals surface area contributed by atoms with Gasteiger partial charge in [-0.1, -0.05) is 48.5 Å². The Balaban J connectivity index is 2.19. The Morgan fingerprint density at radius 1 is 1.00 bits per heavy atom. The minimum Gasteiger partial charge on any atom is -0.453 e. The van der Waals surface area contributed by atoms with E-state index < -0.39 is 6.09 Å². The number of amides is 1. The van der Waals surface area contributed by atoms with Gasteiger partial charge in [0.25, 0.3) is 0 Å². The standard InChI is InChI=1S/C17H19NO3/c1-20-13-18(17(19)21-2)12-14-7-6-10-16(11-14)15-8-4-3-5-9-15/h3-11H,12-13H2,1-2H3. The predicted molar refractivity (Wildman–Crippen MR) is 81.7 cm³/mol. The van der Waals surface area contributed by atoms with E-state index in [1.807, 2.05) is 30.3 Å². The molecule has 4 nitrogen and oxygen atoms in total. The van der Waals surface area contributed by atoms with Gasteiger partial charge in [0.05, 0.1) is 13.7 Å². The number of rotatable bonds is 5. The van der Waals surface area contributed by atoms with Crippen LogP contribution in [0.3, 0.4) is 0 Å². The number of hydrogen-bond donors (Lipinski definition) is 0. The van der Waals surface area contributed by atoms with Crippen molar-refractivity contribution in [1.82, 2.24) is 4.90 Å². The van der Waals surface area contributed by atoms with Crippen LogP contribution in [-0.2, 0) is 16.0 Å². The van der Waals surface area contributed by atoms with Crippen LogP contribution < -0.4 is 0 Å². The molecule has 0 aliphatic carbocycles. The van der Waals surface area contributed by atoms with E-state index in [1.165, 1.54) is 12.0 Å². The van der Waals surface area contributed by atoms with Gasteiger partial charge in [-0.05, 0) is 22.8 Å². The average Bonchev–Trinajstić information content (AvgIpc) is 2.55. The van der Waals surface area contributed by atoms with Crippen molar-refractivity contribution >= 4 is 6.09 Å². The molecule has 4 heteroatoms. The summed E-state index contributed by atoms with van der Waals surface area (Å²) in [5.74, 6) is 0. The molecule has 0 atom stereocenters. The van der Waals surface area contributed by atoms with Crippen molar-refractivity contribution in [3.05, 3.63) is 60.2 Å². The lowest BCUT2D eigenvalue weighted by molar-refractivity contribution is 0.0467. The highest BCUT2D eigenvalue weighted by atomic mass is 16.6. The van der Waals surface area contributed by atoms with E-state index in [0.717, 1.165) is 16.7 Å². The summed E-state index contributed by atoms with van der Waals surface area (Å²) in [7, 11) is 2.92. The number of hydrogen-bond acceptors (Lipinski definition) is 3. The van der Waals surface area contributed by atoms with E-state index in [0.29, 0.717) is 6.54 Å². The Kier molecular flexibility index (Phi) is 5.35. The third-order valence-corrected chi connectivity index (χ3v) is 3.13. The number of benzene rings is 2. The van der Waals surface area contributed by atoms with E-state index in [9.17, 15) is 4.79 Å². The van der Waals surface area contributed by atoms with Gasteiger partial charge < -0.3 is 9.47 Å². The number of ether oxygens (including phenoxy) is 2. The van der Waals surface area contributed by atoms with Crippen LogP contribution in [0.25, 0.3) is 11.1 Å². The Morgan fingerprint density at radius 3 is 2.38 bits per heavy atom. The van der Waals surface area contributed by atoms with Gasteiger partial charge in [-0.3, -0.25) is 4.90 Å². The molecule has 0 fully saturated rings. The highest BCUT2D eigenvalue weighted by molar-refractivity contribution is 5.68. The van der Waals surface area contributed by atoms with Gasteiger partial charge in [-0.25, -0.2) is 4.79 Å². The van der Waals surface area contributed by atoms with Gasteiger partial charge in [0, 0.05) is 7.11 Å². The van der Waals surface area contributed by atoms with Crippen molar-refractivity contribution in [3.63, 3.8) is 0 Å². The Bertz CT molecular complexity index is 584. The number of carbonyl (C=O) groups excluding carboxylic acids is 1. The molecule has 0 bridgehead atoms. The molecule has 0 spiro atoms. The van der Waals surface area contributed by atoms with Gasteiger partial charge in [-0.2, -0.15) is 0 Å². The first kappa shape index (κ1) is 15.1. The van der Waals surface area contributed by atoms with Crippen LogP contribution in [0.5, 0.6) is 0 Å². The molecule has 0 aliphatic rings. The summed E-state index contributed by atoms with van der Waals surface area (Å²) in [6, 6.07) is 18.2. The molecule has 0 N–H and O–H groups in total. The van der Waals surface area contributed by atoms with Gasteiger partial charge in [0.2, 0.25) is 0 Å². The maximum absolute atomic E-state index is 11.7. The summed E-state index contributed by atoms with van der Waals surface area (Å²) in [5.41, 5.74) is 3.30. The second kappa shape index (κ2) is 7.45. The monoisotopic (exact) mass is 285 g/mol. The first-order valence-corrected chi connectivity index (χ1v) is 6.71. The van der Waals surface area contributed by atoms with Crippen LogP contribution in [0.4, 0.5) is 4.79 Å². The van der Waals surface area contributed by atoms with Gasteiger partial charge in [0.15, 0.2) is 0 Å². The van der Waals surface area contributed by atoms with Crippen molar-refractivity contribution in [2.45, 2.75) is 6.54 Å². The fourth-order valence-electron chi connectivity index (χ4n) is 2.15. The SMILES string of the molecule is COCN(Cc1cccc(-c2ccccc2)c1)C(=O)OC. The topological polar surface area (TPSA) is 38.8 Å². The Morgan fingerprint density at radius 2 is 1.71 bits per heavy atom. The average molecular weight is 285 g/mol. The van der Waals surface area contributed by atoms with Gasteiger partial charge in [-0.15, -0.1) is 0 Å². The fraction of sp³-hybridized carbons (Fsp3) is 0.235. The van der Waals surface area contributed by atoms with E-state index in [1.54, 1.807) is 7.11 Å². The zero-order valence-corrected chi connectivity index (χ0v) is 12.3. The summed E-state index contributed by atoms with van der Waals surface area (Å²) in [4.78, 5) is 13.2. The lowest BCUT2D eigenvalue weighted by atomic mass is 10.0. The van der Waals surface area contributed by atoms with Crippen LogP contribution in [0.1, 0.15) is 5.56 Å².